The monoisotopic (exact) mass is 476 g/mol. The van der Waals surface area contributed by atoms with Gasteiger partial charge in [0.25, 0.3) is 5.69 Å². The molecule has 110 valence electrons. The normalized spacial score (nSPS) is 12.0. The summed E-state index contributed by atoms with van der Waals surface area (Å²) in [4.78, 5) is 10.3. The van der Waals surface area contributed by atoms with E-state index in [0.717, 1.165) is 20.2 Å². The zero-order valence-corrected chi connectivity index (χ0v) is 15.7. The molecule has 1 unspecified atom stereocenters. The van der Waals surface area contributed by atoms with Crippen LogP contribution in [0.2, 0.25) is 0 Å². The highest BCUT2D eigenvalue weighted by Crippen LogP contribution is 2.32. The number of non-ortho nitro benzene ring substituents is 1. The van der Waals surface area contributed by atoms with Crippen LogP contribution in [0.4, 0.5) is 11.4 Å². The molecule has 2 aromatic rings. The SMILES string of the molecule is CC(Nc1ccc([N+](=O)[O-])cc1Br)c1ccc(Br)cc1Br. The fourth-order valence-electron chi connectivity index (χ4n) is 1.90. The molecule has 0 fully saturated rings. The summed E-state index contributed by atoms with van der Waals surface area (Å²) in [5, 5.41) is 14.1. The van der Waals surface area contributed by atoms with Gasteiger partial charge >= 0.3 is 0 Å². The number of nitrogens with zero attached hydrogens (tertiary/aromatic N) is 1. The summed E-state index contributed by atoms with van der Waals surface area (Å²) in [6.45, 7) is 2.03. The maximum absolute atomic E-state index is 10.7. The van der Waals surface area contributed by atoms with E-state index in [1.165, 1.54) is 12.1 Å². The van der Waals surface area contributed by atoms with Crippen molar-refractivity contribution in [3.05, 3.63) is 65.5 Å². The Morgan fingerprint density at radius 3 is 2.38 bits per heavy atom. The first kappa shape index (κ1) is 16.5. The van der Waals surface area contributed by atoms with Gasteiger partial charge in [-0.15, -0.1) is 0 Å². The van der Waals surface area contributed by atoms with E-state index < -0.39 is 4.92 Å². The van der Waals surface area contributed by atoms with Crippen LogP contribution in [0.1, 0.15) is 18.5 Å². The second kappa shape index (κ2) is 6.89. The molecule has 2 aromatic carbocycles. The Balaban J connectivity index is 2.23. The lowest BCUT2D eigenvalue weighted by Gasteiger charge is -2.18. The summed E-state index contributed by atoms with van der Waals surface area (Å²) < 4.78 is 2.66. The Kier molecular flexibility index (Phi) is 5.40. The number of hydrogen-bond donors (Lipinski definition) is 1. The number of hydrogen-bond acceptors (Lipinski definition) is 3. The Labute approximate surface area is 147 Å². The van der Waals surface area contributed by atoms with E-state index >= 15 is 0 Å². The second-order valence-electron chi connectivity index (χ2n) is 4.45. The van der Waals surface area contributed by atoms with Crippen molar-refractivity contribution in [3.63, 3.8) is 0 Å². The molecule has 1 atom stereocenters. The highest BCUT2D eigenvalue weighted by molar-refractivity contribution is 9.11. The molecule has 7 heteroatoms. The van der Waals surface area contributed by atoms with Crippen molar-refractivity contribution in [2.24, 2.45) is 0 Å². The molecule has 0 radical (unpaired) electrons. The second-order valence-corrected chi connectivity index (χ2v) is 7.08. The molecule has 1 N–H and O–H groups in total. The average molecular weight is 479 g/mol. The van der Waals surface area contributed by atoms with Gasteiger partial charge in [-0.25, -0.2) is 0 Å². The van der Waals surface area contributed by atoms with Crippen LogP contribution < -0.4 is 5.32 Å². The maximum Gasteiger partial charge on any atom is 0.270 e. The van der Waals surface area contributed by atoms with E-state index in [1.54, 1.807) is 6.07 Å². The van der Waals surface area contributed by atoms with Crippen LogP contribution in [-0.4, -0.2) is 4.92 Å². The number of benzene rings is 2. The fourth-order valence-corrected chi connectivity index (χ4v) is 3.77. The third-order valence-electron chi connectivity index (χ3n) is 2.96. The van der Waals surface area contributed by atoms with Gasteiger partial charge in [0, 0.05) is 37.3 Å². The first-order valence-electron chi connectivity index (χ1n) is 6.04. The van der Waals surface area contributed by atoms with Crippen molar-refractivity contribution in [2.75, 3.05) is 5.32 Å². The Hall–Kier alpha value is -0.920. The van der Waals surface area contributed by atoms with Crippen molar-refractivity contribution < 1.29 is 4.92 Å². The fraction of sp³-hybridized carbons (Fsp3) is 0.143. The Morgan fingerprint density at radius 1 is 1.10 bits per heavy atom. The molecule has 2 rings (SSSR count). The number of halogens is 3. The molecule has 0 spiro atoms. The van der Waals surface area contributed by atoms with Gasteiger partial charge in [0.15, 0.2) is 0 Å². The molecule has 0 bridgehead atoms. The van der Waals surface area contributed by atoms with Crippen molar-refractivity contribution in [3.8, 4) is 0 Å². The molecule has 0 aliphatic carbocycles. The minimum atomic E-state index is -0.413. The van der Waals surface area contributed by atoms with Gasteiger partial charge < -0.3 is 5.32 Å². The van der Waals surface area contributed by atoms with Gasteiger partial charge in [-0.3, -0.25) is 10.1 Å². The summed E-state index contributed by atoms with van der Waals surface area (Å²) in [6, 6.07) is 10.7. The van der Waals surface area contributed by atoms with Gasteiger partial charge in [-0.1, -0.05) is 37.9 Å². The molecule has 0 saturated carbocycles. The molecular formula is C14H11Br3N2O2. The minimum absolute atomic E-state index is 0.0465. The molecule has 0 amide bonds. The van der Waals surface area contributed by atoms with Crippen molar-refractivity contribution in [2.45, 2.75) is 13.0 Å². The van der Waals surface area contributed by atoms with Crippen LogP contribution in [0, 0.1) is 10.1 Å². The number of nitrogens with one attached hydrogen (secondary N) is 1. The van der Waals surface area contributed by atoms with Gasteiger partial charge in [0.1, 0.15) is 0 Å². The predicted molar refractivity (Wildman–Crippen MR) is 94.7 cm³/mol. The molecule has 0 heterocycles. The summed E-state index contributed by atoms with van der Waals surface area (Å²) in [7, 11) is 0. The van der Waals surface area contributed by atoms with Crippen LogP contribution in [0.5, 0.6) is 0 Å². The Bertz CT molecular complexity index is 692. The summed E-state index contributed by atoms with van der Waals surface area (Å²) in [6.07, 6.45) is 0. The third kappa shape index (κ3) is 4.05. The van der Waals surface area contributed by atoms with E-state index in [2.05, 4.69) is 53.1 Å². The van der Waals surface area contributed by atoms with Crippen LogP contribution in [-0.2, 0) is 0 Å². The lowest BCUT2D eigenvalue weighted by molar-refractivity contribution is -0.384. The number of rotatable bonds is 4. The zero-order chi connectivity index (χ0) is 15.6. The van der Waals surface area contributed by atoms with Crippen LogP contribution in [0.3, 0.4) is 0 Å². The van der Waals surface area contributed by atoms with Gasteiger partial charge in [-0.2, -0.15) is 0 Å². The summed E-state index contributed by atoms with van der Waals surface area (Å²) in [5.74, 6) is 0. The van der Waals surface area contributed by atoms with Gasteiger partial charge in [-0.05, 0) is 46.6 Å². The number of anilines is 1. The van der Waals surface area contributed by atoms with E-state index in [9.17, 15) is 10.1 Å². The van der Waals surface area contributed by atoms with Crippen LogP contribution in [0.15, 0.2) is 49.8 Å². The molecule has 4 nitrogen and oxygen atoms in total. The van der Waals surface area contributed by atoms with Gasteiger partial charge in [0.2, 0.25) is 0 Å². The van der Waals surface area contributed by atoms with Crippen molar-refractivity contribution in [1.29, 1.82) is 0 Å². The lowest BCUT2D eigenvalue weighted by Crippen LogP contribution is -2.08. The molecule has 21 heavy (non-hydrogen) atoms. The molecular weight excluding hydrogens is 468 g/mol. The van der Waals surface area contributed by atoms with E-state index in [4.69, 9.17) is 0 Å². The predicted octanol–water partition coefficient (Wildman–Crippen LogP) is 6.06. The first-order valence-corrected chi connectivity index (χ1v) is 8.42. The molecule has 0 saturated heterocycles. The van der Waals surface area contributed by atoms with Crippen LogP contribution in [0.25, 0.3) is 0 Å². The smallest absolute Gasteiger partial charge is 0.270 e. The summed E-state index contributed by atoms with van der Waals surface area (Å²) >= 11 is 10.3. The molecule has 0 aromatic heterocycles. The zero-order valence-electron chi connectivity index (χ0n) is 10.9. The first-order chi connectivity index (χ1) is 9.88. The quantitative estimate of drug-likeness (QED) is 0.429. The van der Waals surface area contributed by atoms with Crippen molar-refractivity contribution >= 4 is 59.2 Å². The highest BCUT2D eigenvalue weighted by atomic mass is 79.9. The van der Waals surface area contributed by atoms with Crippen LogP contribution >= 0.6 is 47.8 Å². The summed E-state index contributed by atoms with van der Waals surface area (Å²) in [5.41, 5.74) is 1.97. The standard InChI is InChI=1S/C14H11Br3N2O2/c1-8(11-4-2-9(15)6-12(11)16)18-14-5-3-10(19(20)21)7-13(14)17/h2-8,18H,1H3. The van der Waals surface area contributed by atoms with Crippen molar-refractivity contribution in [1.82, 2.24) is 0 Å². The lowest BCUT2D eigenvalue weighted by atomic mass is 10.1. The third-order valence-corrected chi connectivity index (χ3v) is 4.80. The topological polar surface area (TPSA) is 55.2 Å². The van der Waals surface area contributed by atoms with E-state index in [1.807, 2.05) is 25.1 Å². The number of nitro groups is 1. The highest BCUT2D eigenvalue weighted by Gasteiger charge is 2.13. The number of nitro benzene ring substituents is 1. The minimum Gasteiger partial charge on any atom is -0.378 e. The largest absolute Gasteiger partial charge is 0.378 e. The van der Waals surface area contributed by atoms with E-state index in [-0.39, 0.29) is 11.7 Å². The Morgan fingerprint density at radius 2 is 1.81 bits per heavy atom. The average Bonchev–Trinajstić information content (AvgIpc) is 2.40. The maximum atomic E-state index is 10.7. The molecule has 0 aliphatic heterocycles. The van der Waals surface area contributed by atoms with E-state index in [0.29, 0.717) is 4.47 Å². The molecule has 0 aliphatic rings. The van der Waals surface area contributed by atoms with Gasteiger partial charge in [0.05, 0.1) is 4.92 Å².